The highest BCUT2D eigenvalue weighted by Gasteiger charge is 2.08. The number of rotatable bonds is 8. The Morgan fingerprint density at radius 3 is 2.37 bits per heavy atom. The maximum Gasteiger partial charge on any atom is 0.251 e. The van der Waals surface area contributed by atoms with Crippen molar-refractivity contribution in [3.05, 3.63) is 76.7 Å². The molecule has 3 N–H and O–H groups in total. The molecule has 0 bridgehead atoms. The number of aromatic amines is 1. The van der Waals surface area contributed by atoms with Gasteiger partial charge in [-0.1, -0.05) is 30.0 Å². The van der Waals surface area contributed by atoms with Gasteiger partial charge in [-0.3, -0.25) is 14.4 Å². The highest BCUT2D eigenvalue weighted by molar-refractivity contribution is 7.99. The predicted molar refractivity (Wildman–Crippen MR) is 116 cm³/mol. The van der Waals surface area contributed by atoms with Crippen molar-refractivity contribution >= 4 is 35.0 Å². The number of para-hydroxylation sites is 1. The van der Waals surface area contributed by atoms with E-state index < -0.39 is 0 Å². The minimum absolute atomic E-state index is 0.0688. The lowest BCUT2D eigenvalue weighted by molar-refractivity contribution is -0.114. The highest BCUT2D eigenvalue weighted by atomic mass is 32.2. The lowest BCUT2D eigenvalue weighted by atomic mass is 10.3. The van der Waals surface area contributed by atoms with Crippen molar-refractivity contribution in [1.29, 1.82) is 0 Å². The Balaban J connectivity index is 1.53. The van der Waals surface area contributed by atoms with Gasteiger partial charge in [0.15, 0.2) is 5.16 Å². The van der Waals surface area contributed by atoms with E-state index in [4.69, 9.17) is 4.74 Å². The van der Waals surface area contributed by atoms with Gasteiger partial charge in [-0.15, -0.1) is 0 Å². The number of amides is 2. The van der Waals surface area contributed by atoms with Crippen molar-refractivity contribution in [3.63, 3.8) is 0 Å². The maximum absolute atomic E-state index is 12.2. The van der Waals surface area contributed by atoms with Gasteiger partial charge in [0, 0.05) is 24.4 Å². The smallest absolute Gasteiger partial charge is 0.251 e. The SMILES string of the molecule is CC(=O)Nc1ccc(NC(=O)CSc2nc(COc3ccccc3)cc(=O)[nH]2)cc1. The molecule has 30 heavy (non-hydrogen) atoms. The first-order valence-corrected chi connectivity index (χ1v) is 10.0. The molecule has 1 aromatic heterocycles. The highest BCUT2D eigenvalue weighted by Crippen LogP contribution is 2.16. The second-order valence-corrected chi connectivity index (χ2v) is 7.20. The Hall–Kier alpha value is -3.59. The van der Waals surface area contributed by atoms with E-state index in [1.807, 2.05) is 30.3 Å². The zero-order valence-corrected chi connectivity index (χ0v) is 17.0. The number of carbonyl (C=O) groups is 2. The van der Waals surface area contributed by atoms with Gasteiger partial charge in [0.25, 0.3) is 5.56 Å². The van der Waals surface area contributed by atoms with Gasteiger partial charge < -0.3 is 20.4 Å². The number of hydrogen-bond donors (Lipinski definition) is 3. The van der Waals surface area contributed by atoms with Gasteiger partial charge in [0.2, 0.25) is 11.8 Å². The lowest BCUT2D eigenvalue weighted by Gasteiger charge is -2.08. The molecule has 0 aliphatic heterocycles. The summed E-state index contributed by atoms with van der Waals surface area (Å²) in [7, 11) is 0. The molecule has 3 aromatic rings. The van der Waals surface area contributed by atoms with Gasteiger partial charge in [-0.25, -0.2) is 4.98 Å². The number of anilines is 2. The molecule has 0 saturated carbocycles. The number of benzene rings is 2. The molecule has 2 aromatic carbocycles. The largest absolute Gasteiger partial charge is 0.487 e. The number of ether oxygens (including phenoxy) is 1. The minimum Gasteiger partial charge on any atom is -0.487 e. The Labute approximate surface area is 177 Å². The van der Waals surface area contributed by atoms with Crippen molar-refractivity contribution in [1.82, 2.24) is 9.97 Å². The molecule has 8 nitrogen and oxygen atoms in total. The third-order valence-corrected chi connectivity index (χ3v) is 4.61. The van der Waals surface area contributed by atoms with Crippen LogP contribution in [0.4, 0.5) is 11.4 Å². The summed E-state index contributed by atoms with van der Waals surface area (Å²) in [6.45, 7) is 1.57. The second kappa shape index (κ2) is 10.3. The second-order valence-electron chi connectivity index (χ2n) is 6.24. The standard InChI is InChI=1S/C21H20N4O4S/c1-14(26)22-15-7-9-16(10-8-15)23-20(28)13-30-21-24-17(11-19(27)25-21)12-29-18-5-3-2-4-6-18/h2-11H,12-13H2,1H3,(H,22,26)(H,23,28)(H,24,25,27). The van der Waals surface area contributed by atoms with Crippen LogP contribution in [0.15, 0.2) is 70.6 Å². The molecule has 0 aliphatic carbocycles. The van der Waals surface area contributed by atoms with E-state index in [0.717, 1.165) is 11.8 Å². The monoisotopic (exact) mass is 424 g/mol. The molecule has 154 valence electrons. The fraction of sp³-hybridized carbons (Fsp3) is 0.143. The zero-order valence-electron chi connectivity index (χ0n) is 16.2. The number of H-pyrrole nitrogens is 1. The van der Waals surface area contributed by atoms with Crippen LogP contribution >= 0.6 is 11.8 Å². The van der Waals surface area contributed by atoms with Crippen molar-refractivity contribution in [2.45, 2.75) is 18.7 Å². The van der Waals surface area contributed by atoms with Crippen LogP contribution in [0.2, 0.25) is 0 Å². The molecular weight excluding hydrogens is 404 g/mol. The number of nitrogens with one attached hydrogen (secondary N) is 3. The van der Waals surface area contributed by atoms with Gasteiger partial charge in [-0.05, 0) is 36.4 Å². The van der Waals surface area contributed by atoms with E-state index in [0.29, 0.717) is 28.0 Å². The number of thioether (sulfide) groups is 1. The number of nitrogens with zero attached hydrogens (tertiary/aromatic N) is 1. The van der Waals surface area contributed by atoms with E-state index in [-0.39, 0.29) is 29.7 Å². The summed E-state index contributed by atoms with van der Waals surface area (Å²) in [5.41, 5.74) is 1.40. The van der Waals surface area contributed by atoms with Gasteiger partial charge >= 0.3 is 0 Å². The molecule has 1 heterocycles. The summed E-state index contributed by atoms with van der Waals surface area (Å²) in [6.07, 6.45) is 0. The van der Waals surface area contributed by atoms with E-state index in [2.05, 4.69) is 20.6 Å². The molecular formula is C21H20N4O4S. The molecule has 0 fully saturated rings. The topological polar surface area (TPSA) is 113 Å². The van der Waals surface area contributed by atoms with Crippen molar-refractivity contribution in [3.8, 4) is 5.75 Å². The number of carbonyl (C=O) groups excluding carboxylic acids is 2. The molecule has 0 radical (unpaired) electrons. The summed E-state index contributed by atoms with van der Waals surface area (Å²) >= 11 is 1.12. The first kappa shape index (κ1) is 21.1. The van der Waals surface area contributed by atoms with E-state index >= 15 is 0 Å². The fourth-order valence-corrected chi connectivity index (χ4v) is 3.17. The molecule has 0 unspecified atom stereocenters. The fourth-order valence-electron chi connectivity index (χ4n) is 2.47. The van der Waals surface area contributed by atoms with Crippen molar-refractivity contribution in [2.75, 3.05) is 16.4 Å². The molecule has 0 atom stereocenters. The summed E-state index contributed by atoms with van der Waals surface area (Å²) in [5, 5.41) is 5.75. The summed E-state index contributed by atoms with van der Waals surface area (Å²) in [6, 6.07) is 17.4. The van der Waals surface area contributed by atoms with Crippen molar-refractivity contribution < 1.29 is 14.3 Å². The molecule has 2 amide bonds. The number of hydrogen-bond acceptors (Lipinski definition) is 6. The normalized spacial score (nSPS) is 10.3. The molecule has 0 spiro atoms. The number of aromatic nitrogens is 2. The van der Waals surface area contributed by atoms with Crippen LogP contribution in [0.1, 0.15) is 12.6 Å². The van der Waals surface area contributed by atoms with Crippen LogP contribution in [0.3, 0.4) is 0 Å². The van der Waals surface area contributed by atoms with Crippen LogP contribution < -0.4 is 20.9 Å². The Bertz CT molecular complexity index is 1070. The summed E-state index contributed by atoms with van der Waals surface area (Å²) in [5.74, 6) is 0.332. The quantitative estimate of drug-likeness (QED) is 0.378. The van der Waals surface area contributed by atoms with E-state index in [1.54, 1.807) is 24.3 Å². The minimum atomic E-state index is -0.312. The Kier molecular flexibility index (Phi) is 7.23. The molecule has 9 heteroatoms. The van der Waals surface area contributed by atoms with Gasteiger partial charge in [0.05, 0.1) is 11.4 Å². The average Bonchev–Trinajstić information content (AvgIpc) is 2.72. The average molecular weight is 424 g/mol. The lowest BCUT2D eigenvalue weighted by Crippen LogP contribution is -2.16. The van der Waals surface area contributed by atoms with Crippen molar-refractivity contribution in [2.24, 2.45) is 0 Å². The van der Waals surface area contributed by atoms with Crippen LogP contribution in [0.25, 0.3) is 0 Å². The first-order chi connectivity index (χ1) is 14.5. The molecule has 0 saturated heterocycles. The predicted octanol–water partition coefficient (Wildman–Crippen LogP) is 3.04. The summed E-state index contributed by atoms with van der Waals surface area (Å²) in [4.78, 5) is 42.0. The van der Waals surface area contributed by atoms with Gasteiger partial charge in [0.1, 0.15) is 12.4 Å². The van der Waals surface area contributed by atoms with E-state index in [9.17, 15) is 14.4 Å². The third kappa shape index (κ3) is 6.78. The third-order valence-electron chi connectivity index (χ3n) is 3.73. The van der Waals surface area contributed by atoms with Crippen LogP contribution in [0.5, 0.6) is 5.75 Å². The molecule has 0 aliphatic rings. The van der Waals surface area contributed by atoms with Crippen LogP contribution in [-0.4, -0.2) is 27.5 Å². The van der Waals surface area contributed by atoms with Gasteiger partial charge in [-0.2, -0.15) is 0 Å². The maximum atomic E-state index is 12.2. The zero-order chi connectivity index (χ0) is 21.3. The van der Waals surface area contributed by atoms with Crippen LogP contribution in [0, 0.1) is 0 Å². The van der Waals surface area contributed by atoms with E-state index in [1.165, 1.54) is 13.0 Å². The van der Waals surface area contributed by atoms with Crippen LogP contribution in [-0.2, 0) is 16.2 Å². The first-order valence-electron chi connectivity index (χ1n) is 9.06. The molecule has 3 rings (SSSR count). The Morgan fingerprint density at radius 2 is 1.70 bits per heavy atom. The summed E-state index contributed by atoms with van der Waals surface area (Å²) < 4.78 is 5.61. The Morgan fingerprint density at radius 1 is 1.03 bits per heavy atom.